The van der Waals surface area contributed by atoms with Crippen molar-refractivity contribution in [2.45, 2.75) is 33.2 Å². The molecule has 1 unspecified atom stereocenters. The van der Waals surface area contributed by atoms with Crippen LogP contribution in [0.3, 0.4) is 0 Å². The van der Waals surface area contributed by atoms with E-state index in [1.807, 2.05) is 6.92 Å². The summed E-state index contributed by atoms with van der Waals surface area (Å²) in [5.74, 6) is 0.641. The van der Waals surface area contributed by atoms with Gasteiger partial charge in [-0.25, -0.2) is 4.79 Å². The molecule has 9 nitrogen and oxygen atoms in total. The topological polar surface area (TPSA) is 111 Å². The average Bonchev–Trinajstić information content (AvgIpc) is 3.42. The minimum Gasteiger partial charge on any atom is -0.466 e. The summed E-state index contributed by atoms with van der Waals surface area (Å²) in [6.45, 7) is 6.58. The first-order valence-corrected chi connectivity index (χ1v) is 9.06. The van der Waals surface area contributed by atoms with E-state index in [0.717, 1.165) is 10.6 Å². The maximum absolute atomic E-state index is 13.0. The molecule has 0 bridgehead atoms. The summed E-state index contributed by atoms with van der Waals surface area (Å²) >= 11 is 0. The van der Waals surface area contributed by atoms with Crippen LogP contribution >= 0.6 is 0 Å². The molecule has 150 valence electrons. The van der Waals surface area contributed by atoms with Gasteiger partial charge in [0.2, 0.25) is 0 Å². The number of hydrogen-bond donors (Lipinski definition) is 1. The molecular weight excluding hydrogens is 376 g/mol. The molecule has 0 aromatic carbocycles. The fourth-order valence-electron chi connectivity index (χ4n) is 3.66. The van der Waals surface area contributed by atoms with Gasteiger partial charge in [-0.1, -0.05) is 5.16 Å². The minimum absolute atomic E-state index is 0.311. The largest absolute Gasteiger partial charge is 0.466 e. The number of nitrogens with one attached hydrogen (secondary N) is 1. The van der Waals surface area contributed by atoms with Crippen molar-refractivity contribution in [1.82, 2.24) is 19.9 Å². The molecular formula is C20H20N4O5. The van der Waals surface area contributed by atoms with Gasteiger partial charge >= 0.3 is 6.03 Å². The van der Waals surface area contributed by atoms with Crippen molar-refractivity contribution in [3.63, 3.8) is 0 Å². The van der Waals surface area contributed by atoms with E-state index in [0.29, 0.717) is 28.6 Å². The minimum atomic E-state index is -1.34. The standard InChI is InChI=1S/C20H20N4O5/c1-11-8-14(13(3)24(11)17-9-12(2)29-22-17)15(25)10-23-18(26)20(4,21-19(23)27)16-6-5-7-28-16/h5-9H,10H2,1-4H3,(H,21,27). The Balaban J connectivity index is 1.61. The lowest BCUT2D eigenvalue weighted by atomic mass is 9.99. The molecule has 1 saturated heterocycles. The predicted molar refractivity (Wildman–Crippen MR) is 101 cm³/mol. The van der Waals surface area contributed by atoms with E-state index in [2.05, 4.69) is 10.5 Å². The number of furan rings is 1. The van der Waals surface area contributed by atoms with Crippen molar-refractivity contribution in [3.05, 3.63) is 59.0 Å². The number of hydrogen-bond acceptors (Lipinski definition) is 6. The number of rotatable bonds is 5. The van der Waals surface area contributed by atoms with E-state index in [1.54, 1.807) is 49.6 Å². The van der Waals surface area contributed by atoms with Crippen LogP contribution in [0, 0.1) is 20.8 Å². The maximum Gasteiger partial charge on any atom is 0.325 e. The first-order valence-electron chi connectivity index (χ1n) is 9.06. The number of urea groups is 1. The van der Waals surface area contributed by atoms with E-state index < -0.39 is 17.5 Å². The van der Waals surface area contributed by atoms with Crippen LogP contribution in [0.1, 0.15) is 40.2 Å². The molecule has 0 saturated carbocycles. The van der Waals surface area contributed by atoms with E-state index in [-0.39, 0.29) is 12.3 Å². The van der Waals surface area contributed by atoms with Gasteiger partial charge in [0.05, 0.1) is 12.8 Å². The average molecular weight is 396 g/mol. The van der Waals surface area contributed by atoms with Gasteiger partial charge in [0.25, 0.3) is 5.91 Å². The van der Waals surface area contributed by atoms with E-state index in [4.69, 9.17) is 8.94 Å². The van der Waals surface area contributed by atoms with Crippen molar-refractivity contribution in [3.8, 4) is 5.82 Å². The number of amides is 3. The molecule has 3 aromatic heterocycles. The van der Waals surface area contributed by atoms with Gasteiger partial charge in [-0.2, -0.15) is 0 Å². The summed E-state index contributed by atoms with van der Waals surface area (Å²) in [6, 6.07) is 6.08. The van der Waals surface area contributed by atoms with Crippen LogP contribution in [-0.4, -0.2) is 38.9 Å². The predicted octanol–water partition coefficient (Wildman–Crippen LogP) is 2.63. The summed E-state index contributed by atoms with van der Waals surface area (Å²) in [5.41, 5.74) is 0.518. The highest BCUT2D eigenvalue weighted by molar-refractivity contribution is 6.11. The van der Waals surface area contributed by atoms with Gasteiger partial charge in [0.15, 0.2) is 17.1 Å². The zero-order valence-electron chi connectivity index (χ0n) is 16.5. The first-order chi connectivity index (χ1) is 13.7. The third-order valence-electron chi connectivity index (χ3n) is 5.17. The Kier molecular flexibility index (Phi) is 4.18. The van der Waals surface area contributed by atoms with Gasteiger partial charge in [-0.15, -0.1) is 0 Å². The lowest BCUT2D eigenvalue weighted by molar-refractivity contribution is -0.131. The lowest BCUT2D eigenvalue weighted by Gasteiger charge is -2.18. The van der Waals surface area contributed by atoms with E-state index in [9.17, 15) is 14.4 Å². The second kappa shape index (κ2) is 6.47. The first kappa shape index (κ1) is 18.7. The van der Waals surface area contributed by atoms with Gasteiger partial charge in [0, 0.05) is 23.0 Å². The Morgan fingerprint density at radius 3 is 2.62 bits per heavy atom. The van der Waals surface area contributed by atoms with E-state index in [1.165, 1.54) is 6.26 Å². The van der Waals surface area contributed by atoms with E-state index >= 15 is 0 Å². The molecule has 1 N–H and O–H groups in total. The highest BCUT2D eigenvalue weighted by Crippen LogP contribution is 2.29. The molecule has 0 spiro atoms. The Morgan fingerprint density at radius 1 is 1.24 bits per heavy atom. The number of aryl methyl sites for hydroxylation is 2. The van der Waals surface area contributed by atoms with Crippen molar-refractivity contribution in [2.75, 3.05) is 6.54 Å². The fraction of sp³-hybridized carbons (Fsp3) is 0.300. The lowest BCUT2D eigenvalue weighted by Crippen LogP contribution is -2.41. The smallest absolute Gasteiger partial charge is 0.325 e. The van der Waals surface area contributed by atoms with Crippen LogP contribution in [-0.2, 0) is 10.3 Å². The number of carbonyl (C=O) groups excluding carboxylic acids is 3. The molecule has 9 heteroatoms. The fourth-order valence-corrected chi connectivity index (χ4v) is 3.66. The molecule has 1 aliphatic rings. The molecule has 3 aromatic rings. The van der Waals surface area contributed by atoms with Crippen molar-refractivity contribution in [1.29, 1.82) is 0 Å². The number of Topliss-reactive ketones (excluding diaryl/α,β-unsaturated/α-hetero) is 1. The van der Waals surface area contributed by atoms with Crippen molar-refractivity contribution in [2.24, 2.45) is 0 Å². The molecule has 1 aliphatic heterocycles. The zero-order valence-corrected chi connectivity index (χ0v) is 16.5. The van der Waals surface area contributed by atoms with Gasteiger partial charge in [-0.3, -0.25) is 19.1 Å². The molecule has 0 radical (unpaired) electrons. The maximum atomic E-state index is 13.0. The summed E-state index contributed by atoms with van der Waals surface area (Å²) in [6.07, 6.45) is 1.42. The number of aromatic nitrogens is 2. The van der Waals surface area contributed by atoms with Crippen LogP contribution in [0.4, 0.5) is 4.79 Å². The van der Waals surface area contributed by atoms with Gasteiger partial charge in [-0.05, 0) is 45.9 Å². The van der Waals surface area contributed by atoms with Crippen LogP contribution in [0.5, 0.6) is 0 Å². The number of nitrogens with zero attached hydrogens (tertiary/aromatic N) is 3. The molecule has 3 amide bonds. The second-order valence-corrected chi connectivity index (χ2v) is 7.26. The quantitative estimate of drug-likeness (QED) is 0.524. The molecule has 1 atom stereocenters. The van der Waals surface area contributed by atoms with Crippen molar-refractivity contribution >= 4 is 17.7 Å². The molecule has 4 heterocycles. The van der Waals surface area contributed by atoms with Crippen LogP contribution in [0.2, 0.25) is 0 Å². The summed E-state index contributed by atoms with van der Waals surface area (Å²) in [7, 11) is 0. The second-order valence-electron chi connectivity index (χ2n) is 7.26. The van der Waals surface area contributed by atoms with Crippen LogP contribution in [0.15, 0.2) is 39.5 Å². The molecule has 4 rings (SSSR count). The summed E-state index contributed by atoms with van der Waals surface area (Å²) in [5, 5.41) is 6.61. The Morgan fingerprint density at radius 2 is 2.00 bits per heavy atom. The molecule has 1 fully saturated rings. The molecule has 0 aliphatic carbocycles. The monoisotopic (exact) mass is 396 g/mol. The summed E-state index contributed by atoms with van der Waals surface area (Å²) in [4.78, 5) is 39.2. The zero-order chi connectivity index (χ0) is 20.9. The highest BCUT2D eigenvalue weighted by atomic mass is 16.5. The normalized spacial score (nSPS) is 19.1. The Labute approximate surface area is 166 Å². The van der Waals surface area contributed by atoms with Crippen LogP contribution in [0.25, 0.3) is 5.82 Å². The Bertz CT molecular complexity index is 1120. The Hall–Kier alpha value is -3.62. The third-order valence-corrected chi connectivity index (χ3v) is 5.17. The third kappa shape index (κ3) is 2.86. The van der Waals surface area contributed by atoms with Gasteiger partial charge < -0.3 is 14.3 Å². The number of imide groups is 1. The number of carbonyl (C=O) groups is 3. The van der Waals surface area contributed by atoms with Gasteiger partial charge in [0.1, 0.15) is 11.5 Å². The van der Waals surface area contributed by atoms with Crippen molar-refractivity contribution < 1.29 is 23.3 Å². The van der Waals surface area contributed by atoms with Crippen LogP contribution < -0.4 is 5.32 Å². The number of ketones is 1. The molecule has 29 heavy (non-hydrogen) atoms. The highest BCUT2D eigenvalue weighted by Gasteiger charge is 2.51. The summed E-state index contributed by atoms with van der Waals surface area (Å²) < 4.78 is 12.2. The SMILES string of the molecule is Cc1cc(-n2c(C)cc(C(=O)CN3C(=O)NC(C)(c4ccco4)C3=O)c2C)no1.